The molecule has 0 aliphatic carbocycles. The number of thiocarbonyl (C=S) groups is 1. The molecule has 1 saturated heterocycles. The zero-order chi connectivity index (χ0) is 19.9. The zero-order valence-electron chi connectivity index (χ0n) is 15.2. The number of nitrogens with zero attached hydrogens (tertiary/aromatic N) is 1. The molecular weight excluding hydrogens is 402 g/mol. The number of hydrogen-bond acceptors (Lipinski definition) is 4. The summed E-state index contributed by atoms with van der Waals surface area (Å²) in [5, 5.41) is 13.8. The van der Waals surface area contributed by atoms with E-state index in [0.29, 0.717) is 34.9 Å². The van der Waals surface area contributed by atoms with Crippen molar-refractivity contribution in [2.45, 2.75) is 36.1 Å². The summed E-state index contributed by atoms with van der Waals surface area (Å²) in [7, 11) is 0. The van der Waals surface area contributed by atoms with Gasteiger partial charge >= 0.3 is 0 Å². The summed E-state index contributed by atoms with van der Waals surface area (Å²) in [6.07, 6.45) is 2.09. The van der Waals surface area contributed by atoms with Crippen LogP contribution in [0.2, 0.25) is 0 Å². The number of thioether (sulfide) groups is 1. The quantitative estimate of drug-likeness (QED) is 0.477. The molecule has 0 spiro atoms. The minimum absolute atomic E-state index is 0.0930. The fraction of sp³-hybridized carbons (Fsp3) is 0.350. The van der Waals surface area contributed by atoms with E-state index >= 15 is 0 Å². The first kappa shape index (κ1) is 20.8. The summed E-state index contributed by atoms with van der Waals surface area (Å²) >= 11 is 6.10. The van der Waals surface area contributed by atoms with Crippen LogP contribution < -0.4 is 5.32 Å². The molecule has 1 aliphatic rings. The van der Waals surface area contributed by atoms with E-state index in [1.54, 1.807) is 36.4 Å². The van der Waals surface area contributed by atoms with Crippen LogP contribution in [0.25, 0.3) is 0 Å². The molecule has 2 aromatic rings. The number of benzene rings is 2. The van der Waals surface area contributed by atoms with E-state index in [2.05, 4.69) is 5.32 Å². The Bertz CT molecular complexity index is 784. The molecule has 28 heavy (non-hydrogen) atoms. The molecule has 1 atom stereocenters. The molecule has 1 unspecified atom stereocenters. The Kier molecular flexibility index (Phi) is 7.47. The van der Waals surface area contributed by atoms with Crippen LogP contribution >= 0.6 is 24.0 Å². The van der Waals surface area contributed by atoms with Gasteiger partial charge in [-0.15, -0.1) is 0 Å². The molecule has 3 rings (SSSR count). The summed E-state index contributed by atoms with van der Waals surface area (Å²) in [6, 6.07) is 13.9. The number of ether oxygens (including phenoxy) is 1. The van der Waals surface area contributed by atoms with Crippen LogP contribution in [-0.2, 0) is 11.3 Å². The van der Waals surface area contributed by atoms with Crippen molar-refractivity contribution in [3.8, 4) is 5.75 Å². The Morgan fingerprint density at radius 3 is 2.64 bits per heavy atom. The monoisotopic (exact) mass is 424 g/mol. The number of aromatic hydroxyl groups is 1. The molecule has 2 N–H and O–H groups in total. The second-order valence-corrected chi connectivity index (χ2v) is 7.93. The molecule has 0 amide bonds. The fourth-order valence-electron chi connectivity index (χ4n) is 3.03. The Balaban J connectivity index is 1.69. The molecule has 1 aliphatic heterocycles. The number of rotatable bonds is 7. The highest BCUT2D eigenvalue weighted by molar-refractivity contribution is 7.99. The lowest BCUT2D eigenvalue weighted by molar-refractivity contribution is 0.0904. The predicted molar refractivity (Wildman–Crippen MR) is 112 cm³/mol. The number of para-hydroxylation sites is 1. The highest BCUT2D eigenvalue weighted by atomic mass is 32.2. The van der Waals surface area contributed by atoms with Gasteiger partial charge in [0, 0.05) is 35.8 Å². The third-order valence-electron chi connectivity index (χ3n) is 4.42. The zero-order valence-corrected chi connectivity index (χ0v) is 16.8. The van der Waals surface area contributed by atoms with Gasteiger partial charge in [0.1, 0.15) is 5.75 Å². The molecule has 0 bridgehead atoms. The molecule has 150 valence electrons. The van der Waals surface area contributed by atoms with Crippen molar-refractivity contribution in [2.75, 3.05) is 18.5 Å². The standard InChI is InChI=1S/C20H22F2N2O2S2/c21-19(22)28-17-9-7-15(8-10-17)23-20(27)24(13-16-5-3-11-26-16)12-14-4-1-2-6-18(14)25/h1-2,4,6-10,16,19,25H,3,5,11-13H2,(H,23,27). The van der Waals surface area contributed by atoms with Gasteiger partial charge in [-0.2, -0.15) is 8.78 Å². The number of alkyl halides is 2. The van der Waals surface area contributed by atoms with Crippen molar-refractivity contribution in [3.05, 3.63) is 54.1 Å². The van der Waals surface area contributed by atoms with Gasteiger partial charge in [-0.05, 0) is 55.4 Å². The first-order valence-corrected chi connectivity index (χ1v) is 10.3. The summed E-state index contributed by atoms with van der Waals surface area (Å²) in [4.78, 5) is 2.46. The van der Waals surface area contributed by atoms with Gasteiger partial charge < -0.3 is 20.1 Å². The average Bonchev–Trinajstić information content (AvgIpc) is 3.17. The highest BCUT2D eigenvalue weighted by Gasteiger charge is 2.22. The van der Waals surface area contributed by atoms with Crippen molar-refractivity contribution >= 4 is 34.8 Å². The summed E-state index contributed by atoms with van der Waals surface area (Å²) in [5.41, 5.74) is 1.49. The SMILES string of the molecule is Oc1ccccc1CN(CC1CCCO1)C(=S)Nc1ccc(SC(F)F)cc1. The number of phenolic OH excluding ortho intramolecular Hbond substituents is 1. The van der Waals surface area contributed by atoms with Crippen LogP contribution in [0.1, 0.15) is 18.4 Å². The smallest absolute Gasteiger partial charge is 0.288 e. The van der Waals surface area contributed by atoms with E-state index < -0.39 is 5.76 Å². The largest absolute Gasteiger partial charge is 0.508 e. The van der Waals surface area contributed by atoms with E-state index in [1.165, 1.54) is 0 Å². The van der Waals surface area contributed by atoms with Gasteiger partial charge in [0.15, 0.2) is 5.11 Å². The summed E-state index contributed by atoms with van der Waals surface area (Å²) < 4.78 is 30.7. The van der Waals surface area contributed by atoms with Crippen molar-refractivity contribution in [1.82, 2.24) is 4.90 Å². The minimum atomic E-state index is -2.44. The molecule has 0 saturated carbocycles. The third kappa shape index (κ3) is 6.05. The number of phenols is 1. The maximum Gasteiger partial charge on any atom is 0.288 e. The Morgan fingerprint density at radius 2 is 2.00 bits per heavy atom. The molecule has 8 heteroatoms. The Morgan fingerprint density at radius 1 is 1.25 bits per heavy atom. The molecule has 0 aromatic heterocycles. The third-order valence-corrected chi connectivity index (χ3v) is 5.50. The summed E-state index contributed by atoms with van der Waals surface area (Å²) in [6.45, 7) is 1.80. The number of nitrogens with one attached hydrogen (secondary N) is 1. The van der Waals surface area contributed by atoms with E-state index in [1.807, 2.05) is 17.0 Å². The summed E-state index contributed by atoms with van der Waals surface area (Å²) in [5.74, 6) is -2.23. The molecule has 2 aromatic carbocycles. The first-order valence-electron chi connectivity index (χ1n) is 9.00. The van der Waals surface area contributed by atoms with Crippen molar-refractivity contribution in [2.24, 2.45) is 0 Å². The highest BCUT2D eigenvalue weighted by Crippen LogP contribution is 2.26. The number of halogens is 2. The predicted octanol–water partition coefficient (Wildman–Crippen LogP) is 5.08. The van der Waals surface area contributed by atoms with Crippen molar-refractivity contribution in [3.63, 3.8) is 0 Å². The number of hydrogen-bond donors (Lipinski definition) is 2. The minimum Gasteiger partial charge on any atom is -0.508 e. The van der Waals surface area contributed by atoms with Crippen molar-refractivity contribution < 1.29 is 18.6 Å². The Hall–Kier alpha value is -1.90. The molecule has 4 nitrogen and oxygen atoms in total. The van der Waals surface area contributed by atoms with E-state index in [0.717, 1.165) is 30.7 Å². The van der Waals surface area contributed by atoms with Gasteiger partial charge in [0.2, 0.25) is 0 Å². The van der Waals surface area contributed by atoms with Crippen LogP contribution in [0, 0.1) is 0 Å². The van der Waals surface area contributed by atoms with Gasteiger partial charge in [-0.1, -0.05) is 30.0 Å². The Labute approximate surface area is 172 Å². The van der Waals surface area contributed by atoms with Gasteiger partial charge in [0.25, 0.3) is 5.76 Å². The lowest BCUT2D eigenvalue weighted by Crippen LogP contribution is -2.39. The first-order chi connectivity index (χ1) is 13.5. The van der Waals surface area contributed by atoms with Crippen LogP contribution in [0.15, 0.2) is 53.4 Å². The van der Waals surface area contributed by atoms with Crippen molar-refractivity contribution in [1.29, 1.82) is 0 Å². The number of anilines is 1. The van der Waals surface area contributed by atoms with E-state index in [4.69, 9.17) is 17.0 Å². The second-order valence-electron chi connectivity index (χ2n) is 6.48. The second kappa shape index (κ2) is 10.0. The lowest BCUT2D eigenvalue weighted by Gasteiger charge is -2.28. The topological polar surface area (TPSA) is 44.7 Å². The van der Waals surface area contributed by atoms with Gasteiger partial charge in [-0.3, -0.25) is 0 Å². The lowest BCUT2D eigenvalue weighted by atomic mass is 10.1. The van der Waals surface area contributed by atoms with E-state index in [-0.39, 0.29) is 11.9 Å². The van der Waals surface area contributed by atoms with Gasteiger partial charge in [0.05, 0.1) is 6.10 Å². The molecule has 0 radical (unpaired) electrons. The molecule has 1 fully saturated rings. The average molecular weight is 425 g/mol. The van der Waals surface area contributed by atoms with Gasteiger partial charge in [-0.25, -0.2) is 0 Å². The fourth-order valence-corrected chi connectivity index (χ4v) is 3.78. The normalized spacial score (nSPS) is 16.3. The molecular formula is C20H22F2N2O2S2. The molecule has 1 heterocycles. The van der Waals surface area contributed by atoms with Crippen LogP contribution in [0.3, 0.4) is 0 Å². The van der Waals surface area contributed by atoms with Crippen LogP contribution in [-0.4, -0.2) is 40.1 Å². The maximum absolute atomic E-state index is 12.5. The van der Waals surface area contributed by atoms with E-state index in [9.17, 15) is 13.9 Å². The maximum atomic E-state index is 12.5. The van der Waals surface area contributed by atoms with Crippen LogP contribution in [0.5, 0.6) is 5.75 Å². The van der Waals surface area contributed by atoms with Crippen LogP contribution in [0.4, 0.5) is 14.5 Å².